The first-order chi connectivity index (χ1) is 8.37. The average molecular weight is 285 g/mol. The molecule has 0 saturated carbocycles. The first-order valence-corrected chi connectivity index (χ1v) is 9.64. The van der Waals surface area contributed by atoms with E-state index in [0.717, 1.165) is 5.65 Å². The van der Waals surface area contributed by atoms with Gasteiger partial charge in [0, 0.05) is 0 Å². The van der Waals surface area contributed by atoms with Crippen LogP contribution in [0.4, 0.5) is 0 Å². The van der Waals surface area contributed by atoms with E-state index >= 15 is 0 Å². The van der Waals surface area contributed by atoms with Crippen LogP contribution in [0.3, 0.4) is 0 Å². The van der Waals surface area contributed by atoms with Crippen molar-refractivity contribution in [1.82, 2.24) is 19.5 Å². The molecule has 18 heavy (non-hydrogen) atoms. The Balaban J connectivity index is 2.20. The highest BCUT2D eigenvalue weighted by Crippen LogP contribution is 2.18. The van der Waals surface area contributed by atoms with Crippen molar-refractivity contribution in [2.75, 3.05) is 0 Å². The smallest absolute Gasteiger partial charge is 0.184 e. The number of halogens is 1. The molecule has 1 atom stereocenters. The molecule has 2 aromatic rings. The molecule has 0 amide bonds. The van der Waals surface area contributed by atoms with Crippen molar-refractivity contribution in [3.05, 3.63) is 17.8 Å². The van der Waals surface area contributed by atoms with Crippen LogP contribution < -0.4 is 0 Å². The van der Waals surface area contributed by atoms with Gasteiger partial charge in [-0.2, -0.15) is 0 Å². The Labute approximate surface area is 112 Å². The quantitative estimate of drug-likeness (QED) is 0.640. The molecule has 0 spiro atoms. The molecule has 2 aromatic heterocycles. The first kappa shape index (κ1) is 13.4. The van der Waals surface area contributed by atoms with Gasteiger partial charge in [0.1, 0.15) is 11.8 Å². The van der Waals surface area contributed by atoms with Crippen LogP contribution in [0.2, 0.25) is 24.8 Å². The van der Waals surface area contributed by atoms with Gasteiger partial charge in [0.25, 0.3) is 0 Å². The van der Waals surface area contributed by atoms with E-state index < -0.39 is 8.32 Å². The summed E-state index contributed by atoms with van der Waals surface area (Å²) in [7, 11) is -1.52. The van der Waals surface area contributed by atoms with E-state index in [1.807, 2.05) is 4.57 Å². The minimum atomic E-state index is -1.52. The lowest BCUT2D eigenvalue weighted by molar-refractivity contribution is 0.193. The van der Waals surface area contributed by atoms with E-state index in [1.165, 1.54) is 6.33 Å². The summed E-state index contributed by atoms with van der Waals surface area (Å²) in [6.45, 7) is 9.30. The number of imidazole rings is 1. The van der Waals surface area contributed by atoms with E-state index in [9.17, 15) is 0 Å². The third kappa shape index (κ3) is 3.07. The number of rotatable bonds is 4. The standard InChI is InChI=1S/C11H17ClN4OSi/c1-8(17-18(2,3)4)5-16-7-15-9-10(12)13-6-14-11(9)16/h6-8H,5H2,1-4H3/t8-/m1/s1. The largest absolute Gasteiger partial charge is 0.413 e. The van der Waals surface area contributed by atoms with Gasteiger partial charge >= 0.3 is 0 Å². The fourth-order valence-electron chi connectivity index (χ4n) is 1.90. The van der Waals surface area contributed by atoms with Crippen LogP contribution in [0, 0.1) is 0 Å². The molecule has 0 aromatic carbocycles. The Bertz CT molecular complexity index is 551. The molecule has 0 unspecified atom stereocenters. The van der Waals surface area contributed by atoms with Crippen LogP contribution >= 0.6 is 11.6 Å². The average Bonchev–Trinajstić information content (AvgIpc) is 2.60. The Morgan fingerprint density at radius 1 is 1.33 bits per heavy atom. The topological polar surface area (TPSA) is 52.8 Å². The molecule has 7 heteroatoms. The predicted molar refractivity (Wildman–Crippen MR) is 74.2 cm³/mol. The summed E-state index contributed by atoms with van der Waals surface area (Å²) in [6.07, 6.45) is 3.31. The summed E-state index contributed by atoms with van der Waals surface area (Å²) in [6, 6.07) is 0. The van der Waals surface area contributed by atoms with Crippen molar-refractivity contribution in [2.45, 2.75) is 39.2 Å². The molecule has 0 saturated heterocycles. The normalized spacial score (nSPS) is 14.1. The molecule has 2 rings (SSSR count). The van der Waals surface area contributed by atoms with E-state index in [-0.39, 0.29) is 6.10 Å². The van der Waals surface area contributed by atoms with Crippen LogP contribution in [0.1, 0.15) is 6.92 Å². The molecule has 0 aliphatic carbocycles. The minimum Gasteiger partial charge on any atom is -0.413 e. The van der Waals surface area contributed by atoms with E-state index in [4.69, 9.17) is 16.0 Å². The van der Waals surface area contributed by atoms with Crippen molar-refractivity contribution in [3.8, 4) is 0 Å². The van der Waals surface area contributed by atoms with E-state index in [0.29, 0.717) is 17.2 Å². The monoisotopic (exact) mass is 284 g/mol. The Morgan fingerprint density at radius 3 is 2.72 bits per heavy atom. The van der Waals surface area contributed by atoms with Gasteiger partial charge in [0.2, 0.25) is 0 Å². The van der Waals surface area contributed by atoms with Crippen molar-refractivity contribution in [3.63, 3.8) is 0 Å². The number of hydrogen-bond donors (Lipinski definition) is 0. The molecule has 0 aliphatic rings. The Morgan fingerprint density at radius 2 is 2.06 bits per heavy atom. The fraction of sp³-hybridized carbons (Fsp3) is 0.545. The fourth-order valence-corrected chi connectivity index (χ4v) is 3.36. The molecule has 98 valence electrons. The molecule has 0 bridgehead atoms. The minimum absolute atomic E-state index is 0.128. The van der Waals surface area contributed by atoms with E-state index in [1.54, 1.807) is 6.33 Å². The summed E-state index contributed by atoms with van der Waals surface area (Å²) in [4.78, 5) is 12.4. The van der Waals surface area contributed by atoms with Gasteiger partial charge in [-0.1, -0.05) is 11.6 Å². The lowest BCUT2D eigenvalue weighted by Gasteiger charge is -2.23. The van der Waals surface area contributed by atoms with Crippen LogP contribution in [0.25, 0.3) is 11.2 Å². The third-order valence-electron chi connectivity index (χ3n) is 2.37. The van der Waals surface area contributed by atoms with Crippen molar-refractivity contribution in [1.29, 1.82) is 0 Å². The molecular weight excluding hydrogens is 268 g/mol. The van der Waals surface area contributed by atoms with Crippen LogP contribution in [-0.2, 0) is 11.0 Å². The highest BCUT2D eigenvalue weighted by Gasteiger charge is 2.19. The summed E-state index contributed by atoms with van der Waals surface area (Å²) in [5.74, 6) is 0. The molecule has 0 aliphatic heterocycles. The van der Waals surface area contributed by atoms with Gasteiger partial charge in [-0.25, -0.2) is 15.0 Å². The molecule has 0 N–H and O–H groups in total. The zero-order valence-electron chi connectivity index (χ0n) is 11.0. The summed E-state index contributed by atoms with van der Waals surface area (Å²) in [5.41, 5.74) is 1.39. The van der Waals surface area contributed by atoms with Gasteiger partial charge in [0.05, 0.1) is 19.0 Å². The number of aromatic nitrogens is 4. The molecule has 0 fully saturated rings. The van der Waals surface area contributed by atoms with Crippen LogP contribution in [-0.4, -0.2) is 33.9 Å². The highest BCUT2D eigenvalue weighted by molar-refractivity contribution is 6.69. The summed E-state index contributed by atoms with van der Waals surface area (Å²) in [5, 5.41) is 0.387. The maximum atomic E-state index is 6.00. The second kappa shape index (κ2) is 4.95. The zero-order valence-corrected chi connectivity index (χ0v) is 12.8. The summed E-state index contributed by atoms with van der Waals surface area (Å²) >= 11 is 5.96. The van der Waals surface area contributed by atoms with Gasteiger partial charge in [-0.15, -0.1) is 0 Å². The van der Waals surface area contributed by atoms with E-state index in [2.05, 4.69) is 41.5 Å². The first-order valence-electron chi connectivity index (χ1n) is 5.86. The number of hydrogen-bond acceptors (Lipinski definition) is 4. The van der Waals surface area contributed by atoms with Crippen molar-refractivity contribution in [2.24, 2.45) is 0 Å². The lowest BCUT2D eigenvalue weighted by atomic mass is 10.4. The number of fused-ring (bicyclic) bond motifs is 1. The maximum Gasteiger partial charge on any atom is 0.184 e. The van der Waals surface area contributed by atoms with Crippen LogP contribution in [0.5, 0.6) is 0 Å². The predicted octanol–water partition coefficient (Wildman–Crippen LogP) is 2.72. The second-order valence-electron chi connectivity index (χ2n) is 5.27. The lowest BCUT2D eigenvalue weighted by Crippen LogP contribution is -2.32. The second-order valence-corrected chi connectivity index (χ2v) is 10.1. The van der Waals surface area contributed by atoms with Crippen molar-refractivity contribution >= 4 is 31.1 Å². The Kier molecular flexibility index (Phi) is 3.70. The number of nitrogens with zero attached hydrogens (tertiary/aromatic N) is 4. The van der Waals surface area contributed by atoms with Gasteiger partial charge in [-0.05, 0) is 26.6 Å². The molecule has 2 heterocycles. The molecular formula is C11H17ClN4OSi. The maximum absolute atomic E-state index is 6.00. The SMILES string of the molecule is C[C@H](Cn1cnc2c(Cl)ncnc21)O[Si](C)(C)C. The third-order valence-corrected chi connectivity index (χ3v) is 3.75. The summed E-state index contributed by atoms with van der Waals surface area (Å²) < 4.78 is 7.96. The van der Waals surface area contributed by atoms with Gasteiger partial charge < -0.3 is 8.99 Å². The molecule has 0 radical (unpaired) electrons. The zero-order chi connectivity index (χ0) is 13.3. The van der Waals surface area contributed by atoms with Gasteiger partial charge in [-0.3, -0.25) is 0 Å². The van der Waals surface area contributed by atoms with Gasteiger partial charge in [0.15, 0.2) is 19.1 Å². The highest BCUT2D eigenvalue weighted by atomic mass is 35.5. The molecule has 5 nitrogen and oxygen atoms in total. The van der Waals surface area contributed by atoms with Crippen molar-refractivity contribution < 1.29 is 4.43 Å². The van der Waals surface area contributed by atoms with Crippen LogP contribution in [0.15, 0.2) is 12.7 Å². The Hall–Kier alpha value is -0.983.